The molecular formula is C6H15K2O11P. The minimum atomic E-state index is -5.41. The van der Waals surface area contributed by atoms with Gasteiger partial charge in [0.2, 0.25) is 0 Å². The molecule has 11 nitrogen and oxygen atoms in total. The van der Waals surface area contributed by atoms with Gasteiger partial charge in [-0.15, -0.1) is 0 Å². The Morgan fingerprint density at radius 2 is 1.50 bits per heavy atom. The summed E-state index contributed by atoms with van der Waals surface area (Å²) in [5.74, 6) is 0. The number of hydrogen-bond acceptors (Lipinski definition) is 9. The van der Waals surface area contributed by atoms with Crippen LogP contribution in [0.4, 0.5) is 0 Å². The zero-order valence-electron chi connectivity index (χ0n) is 10.9. The van der Waals surface area contributed by atoms with E-state index in [1.165, 1.54) is 0 Å². The molecule has 0 bridgehead atoms. The van der Waals surface area contributed by atoms with Crippen LogP contribution in [0.25, 0.3) is 0 Å². The molecule has 1 aliphatic rings. The van der Waals surface area contributed by atoms with Gasteiger partial charge in [0.15, 0.2) is 6.29 Å². The van der Waals surface area contributed by atoms with Crippen molar-refractivity contribution in [2.45, 2.75) is 30.7 Å². The fourth-order valence-corrected chi connectivity index (χ4v) is 1.71. The Hall–Kier alpha value is 3.10. The Bertz CT molecular complexity index is 286. The van der Waals surface area contributed by atoms with Crippen molar-refractivity contribution in [3.63, 3.8) is 0 Å². The molecule has 1 rings (SSSR count). The van der Waals surface area contributed by atoms with Gasteiger partial charge in [0.1, 0.15) is 24.4 Å². The maximum absolute atomic E-state index is 10.3. The first-order valence-corrected chi connectivity index (χ1v) is 5.73. The van der Waals surface area contributed by atoms with Crippen LogP contribution in [0, 0.1) is 0 Å². The molecule has 0 aromatic rings. The maximum Gasteiger partial charge on any atom is 1.00 e. The largest absolute Gasteiger partial charge is 1.00 e. The monoisotopic (exact) mass is 372 g/mol. The fourth-order valence-electron chi connectivity index (χ4n) is 1.28. The van der Waals surface area contributed by atoms with Crippen molar-refractivity contribution >= 4 is 7.82 Å². The Morgan fingerprint density at radius 3 is 1.85 bits per heavy atom. The van der Waals surface area contributed by atoms with E-state index in [1.807, 2.05) is 0 Å². The summed E-state index contributed by atoms with van der Waals surface area (Å²) in [7, 11) is -5.41. The molecule has 5 atom stereocenters. The summed E-state index contributed by atoms with van der Waals surface area (Å²) < 4.78 is 18.7. The van der Waals surface area contributed by atoms with Gasteiger partial charge in [-0.25, -0.2) is 0 Å². The summed E-state index contributed by atoms with van der Waals surface area (Å²) in [6.07, 6.45) is -8.61. The van der Waals surface area contributed by atoms with Crippen LogP contribution in [-0.4, -0.2) is 68.7 Å². The summed E-state index contributed by atoms with van der Waals surface area (Å²) in [5, 5.41) is 36.5. The second-order valence-electron chi connectivity index (χ2n) is 3.25. The molecule has 8 N–H and O–H groups in total. The third kappa shape index (κ3) is 9.41. The van der Waals surface area contributed by atoms with Crippen LogP contribution in [0.3, 0.4) is 0 Å². The van der Waals surface area contributed by atoms with Crippen molar-refractivity contribution in [1.82, 2.24) is 0 Å². The van der Waals surface area contributed by atoms with Gasteiger partial charge in [-0.2, -0.15) is 0 Å². The molecule has 1 heterocycles. The molecule has 0 radical (unpaired) electrons. The quantitative estimate of drug-likeness (QED) is 0.272. The molecule has 1 aliphatic heterocycles. The molecule has 1 fully saturated rings. The van der Waals surface area contributed by atoms with Gasteiger partial charge in [0.05, 0.1) is 14.4 Å². The van der Waals surface area contributed by atoms with Gasteiger partial charge < -0.3 is 55.0 Å². The number of rotatable bonds is 3. The zero-order chi connectivity index (χ0) is 12.5. The van der Waals surface area contributed by atoms with Gasteiger partial charge in [-0.3, -0.25) is 0 Å². The SMILES string of the molecule is O.O.O=P([O-])([O-])OC1OC(CO)[C@@H](O)[C@H](O)[C@H]1O.[K+].[K+]. The normalized spacial score (nSPS) is 32.8. The van der Waals surface area contributed by atoms with E-state index >= 15 is 0 Å². The first kappa shape index (κ1) is 30.9. The van der Waals surface area contributed by atoms with Crippen LogP contribution in [0.5, 0.6) is 0 Å². The number of phosphoric acid groups is 1. The van der Waals surface area contributed by atoms with Crippen LogP contribution in [0.2, 0.25) is 0 Å². The van der Waals surface area contributed by atoms with E-state index in [9.17, 15) is 29.7 Å². The molecule has 0 aliphatic carbocycles. The van der Waals surface area contributed by atoms with Crippen LogP contribution in [0.15, 0.2) is 0 Å². The standard InChI is InChI=1S/C6H13O9P.2K.2H2O/c7-1-2-3(8)4(9)5(10)6(14-2)15-16(11,12)13;;;;/h2-10H,1H2,(H2,11,12,13);;;2*1H2/q;2*+1;;/p-2/t2?,3-,4+,5-,6?;;;;/m1..../s1. The van der Waals surface area contributed by atoms with Gasteiger partial charge in [0.25, 0.3) is 0 Å². The summed E-state index contributed by atoms with van der Waals surface area (Å²) >= 11 is 0. The minimum absolute atomic E-state index is 0. The average molecular weight is 372 g/mol. The van der Waals surface area contributed by atoms with Crippen molar-refractivity contribution in [2.24, 2.45) is 0 Å². The van der Waals surface area contributed by atoms with Crippen molar-refractivity contribution in [3.8, 4) is 0 Å². The summed E-state index contributed by atoms with van der Waals surface area (Å²) in [5.41, 5.74) is 0. The first-order valence-electron chi connectivity index (χ1n) is 4.27. The number of ether oxygens (including phenoxy) is 1. The number of hydrogen-bond donors (Lipinski definition) is 4. The predicted octanol–water partition coefficient (Wildman–Crippen LogP) is -12.0. The molecule has 112 valence electrons. The van der Waals surface area contributed by atoms with Crippen LogP contribution in [0.1, 0.15) is 0 Å². The van der Waals surface area contributed by atoms with E-state index in [0.717, 1.165) is 0 Å². The number of aliphatic hydroxyl groups is 4. The Labute approximate surface area is 199 Å². The van der Waals surface area contributed by atoms with E-state index in [-0.39, 0.29) is 114 Å². The van der Waals surface area contributed by atoms with E-state index in [4.69, 9.17) is 5.11 Å². The van der Waals surface area contributed by atoms with Gasteiger partial charge >= 0.3 is 103 Å². The molecule has 20 heavy (non-hydrogen) atoms. The first-order chi connectivity index (χ1) is 7.26. The fraction of sp³-hybridized carbons (Fsp3) is 1.00. The maximum atomic E-state index is 10.3. The van der Waals surface area contributed by atoms with Crippen LogP contribution in [-0.2, 0) is 13.8 Å². The molecule has 0 spiro atoms. The van der Waals surface area contributed by atoms with E-state index in [0.29, 0.717) is 0 Å². The van der Waals surface area contributed by atoms with Gasteiger partial charge in [-0.05, 0) is 0 Å². The Morgan fingerprint density at radius 1 is 1.05 bits per heavy atom. The smallest absolute Gasteiger partial charge is 0.790 e. The summed E-state index contributed by atoms with van der Waals surface area (Å²) in [6, 6.07) is 0. The Balaban J connectivity index is -0.000000320. The van der Waals surface area contributed by atoms with Crippen molar-refractivity contribution < 1.29 is 158 Å². The van der Waals surface area contributed by atoms with Crippen molar-refractivity contribution in [3.05, 3.63) is 0 Å². The van der Waals surface area contributed by atoms with Gasteiger partial charge in [-0.1, -0.05) is 0 Å². The summed E-state index contributed by atoms with van der Waals surface area (Å²) in [4.78, 5) is 20.6. The van der Waals surface area contributed by atoms with Crippen molar-refractivity contribution in [2.75, 3.05) is 6.61 Å². The molecule has 0 aromatic carbocycles. The van der Waals surface area contributed by atoms with Crippen LogP contribution < -0.4 is 113 Å². The number of aliphatic hydroxyl groups excluding tert-OH is 4. The second-order valence-corrected chi connectivity index (χ2v) is 4.36. The number of phosphoric ester groups is 1. The summed E-state index contributed by atoms with van der Waals surface area (Å²) in [6.45, 7) is -0.743. The molecule has 2 unspecified atom stereocenters. The van der Waals surface area contributed by atoms with Crippen LogP contribution >= 0.6 is 7.82 Å². The molecule has 14 heteroatoms. The molecule has 1 saturated heterocycles. The molecule has 0 saturated carbocycles. The molecular weight excluding hydrogens is 357 g/mol. The van der Waals surface area contributed by atoms with E-state index < -0.39 is 45.1 Å². The van der Waals surface area contributed by atoms with Crippen molar-refractivity contribution in [1.29, 1.82) is 0 Å². The minimum Gasteiger partial charge on any atom is -0.790 e. The van der Waals surface area contributed by atoms with E-state index in [1.54, 1.807) is 0 Å². The van der Waals surface area contributed by atoms with E-state index in [2.05, 4.69) is 9.26 Å². The predicted molar refractivity (Wildman–Crippen MR) is 49.7 cm³/mol. The third-order valence-corrected chi connectivity index (χ3v) is 2.55. The van der Waals surface area contributed by atoms with Gasteiger partial charge in [0, 0.05) is 0 Å². The second kappa shape index (κ2) is 13.4. The third-order valence-electron chi connectivity index (χ3n) is 2.08. The topological polar surface area (TPSA) is 226 Å². The molecule has 0 amide bonds. The Kier molecular flexibility index (Phi) is 20.7. The average Bonchev–Trinajstić information content (AvgIpc) is 2.17. The molecule has 0 aromatic heterocycles. The zero-order valence-corrected chi connectivity index (χ0v) is 18.0.